The van der Waals surface area contributed by atoms with Gasteiger partial charge in [-0.1, -0.05) is 66.4 Å². The van der Waals surface area contributed by atoms with Crippen molar-refractivity contribution in [2.45, 2.75) is 23.9 Å². The van der Waals surface area contributed by atoms with E-state index in [2.05, 4.69) is 27.6 Å². The second-order valence-corrected chi connectivity index (χ2v) is 7.45. The molecule has 3 aromatic rings. The Hall–Kier alpha value is -3.39. The number of rotatable bonds is 7. The molecule has 7 nitrogen and oxygen atoms in total. The fourth-order valence-corrected chi connectivity index (χ4v) is 3.42. The van der Waals surface area contributed by atoms with Crippen LogP contribution in [0.2, 0.25) is 0 Å². The average molecular weight is 407 g/mol. The molecule has 0 aliphatic heterocycles. The monoisotopic (exact) mass is 407 g/mol. The molecule has 29 heavy (non-hydrogen) atoms. The first-order valence-electron chi connectivity index (χ1n) is 9.01. The number of carbonyl (C=O) groups excluding carboxylic acids is 2. The van der Waals surface area contributed by atoms with Crippen molar-refractivity contribution in [2.75, 3.05) is 0 Å². The molecule has 0 radical (unpaired) electrons. The standard InChI is InChI=1S/C21H21N5O2S/c1-3-14-26-18(16-10-6-4-7-11-16)22-25-21(26)29-15(2)19(27)23-24-20(28)17-12-8-5-9-13-17/h3-13,15H,1,14H2,2H3,(H,23,27)(H,24,28)/t15-/m1/s1. The normalized spacial score (nSPS) is 11.5. The minimum Gasteiger partial charge on any atom is -0.298 e. The molecule has 0 spiro atoms. The number of hydrazine groups is 1. The molecule has 0 saturated heterocycles. The number of benzene rings is 2. The maximum atomic E-state index is 12.4. The zero-order valence-electron chi connectivity index (χ0n) is 15.9. The van der Waals surface area contributed by atoms with E-state index in [1.807, 2.05) is 41.0 Å². The lowest BCUT2D eigenvalue weighted by molar-refractivity contribution is -0.121. The van der Waals surface area contributed by atoms with Gasteiger partial charge in [0.1, 0.15) is 0 Å². The van der Waals surface area contributed by atoms with Crippen LogP contribution in [-0.4, -0.2) is 31.8 Å². The van der Waals surface area contributed by atoms with Gasteiger partial charge in [-0.15, -0.1) is 16.8 Å². The Morgan fingerprint density at radius 1 is 1.07 bits per heavy atom. The molecule has 8 heteroatoms. The van der Waals surface area contributed by atoms with Crippen molar-refractivity contribution >= 4 is 23.6 Å². The van der Waals surface area contributed by atoms with E-state index in [-0.39, 0.29) is 11.8 Å². The van der Waals surface area contributed by atoms with Gasteiger partial charge >= 0.3 is 0 Å². The molecule has 2 N–H and O–H groups in total. The number of nitrogens with one attached hydrogen (secondary N) is 2. The maximum absolute atomic E-state index is 12.4. The van der Waals surface area contributed by atoms with Gasteiger partial charge in [0.15, 0.2) is 11.0 Å². The van der Waals surface area contributed by atoms with Gasteiger partial charge in [-0.3, -0.25) is 25.0 Å². The summed E-state index contributed by atoms with van der Waals surface area (Å²) in [5, 5.41) is 8.61. The first-order valence-corrected chi connectivity index (χ1v) is 9.89. The second kappa shape index (κ2) is 9.70. The zero-order chi connectivity index (χ0) is 20.6. The molecule has 2 amide bonds. The molecule has 0 aliphatic rings. The topological polar surface area (TPSA) is 88.9 Å². The van der Waals surface area contributed by atoms with Crippen molar-refractivity contribution in [1.82, 2.24) is 25.6 Å². The van der Waals surface area contributed by atoms with Gasteiger partial charge in [-0.2, -0.15) is 0 Å². The second-order valence-electron chi connectivity index (χ2n) is 6.14. The van der Waals surface area contributed by atoms with Gasteiger partial charge < -0.3 is 0 Å². The molecule has 0 bridgehead atoms. The van der Waals surface area contributed by atoms with Gasteiger partial charge in [-0.25, -0.2) is 0 Å². The number of hydrogen-bond donors (Lipinski definition) is 2. The quantitative estimate of drug-likeness (QED) is 0.357. The Morgan fingerprint density at radius 2 is 1.72 bits per heavy atom. The smallest absolute Gasteiger partial charge is 0.269 e. The van der Waals surface area contributed by atoms with E-state index in [0.29, 0.717) is 23.1 Å². The summed E-state index contributed by atoms with van der Waals surface area (Å²) in [6, 6.07) is 18.4. The molecular weight excluding hydrogens is 386 g/mol. The molecule has 1 heterocycles. The van der Waals surface area contributed by atoms with Crippen LogP contribution in [0.5, 0.6) is 0 Å². The fraction of sp³-hybridized carbons (Fsp3) is 0.143. The third kappa shape index (κ3) is 5.11. The number of allylic oxidation sites excluding steroid dienone is 1. The summed E-state index contributed by atoms with van der Waals surface area (Å²) in [6.07, 6.45) is 1.75. The first-order chi connectivity index (χ1) is 14.1. The van der Waals surface area contributed by atoms with Crippen molar-refractivity contribution in [3.8, 4) is 11.4 Å². The molecule has 0 fully saturated rings. The lowest BCUT2D eigenvalue weighted by Gasteiger charge is -2.13. The summed E-state index contributed by atoms with van der Waals surface area (Å²) in [4.78, 5) is 24.5. The van der Waals surface area contributed by atoms with E-state index in [1.165, 1.54) is 11.8 Å². The minimum atomic E-state index is -0.498. The van der Waals surface area contributed by atoms with Crippen LogP contribution in [0.15, 0.2) is 78.5 Å². The van der Waals surface area contributed by atoms with Gasteiger partial charge in [0, 0.05) is 17.7 Å². The first kappa shape index (κ1) is 20.3. The molecule has 0 unspecified atom stereocenters. The Morgan fingerprint density at radius 3 is 2.38 bits per heavy atom. The summed E-state index contributed by atoms with van der Waals surface area (Å²) < 4.78 is 1.90. The van der Waals surface area contributed by atoms with E-state index in [4.69, 9.17) is 0 Å². The van der Waals surface area contributed by atoms with E-state index >= 15 is 0 Å². The predicted molar refractivity (Wildman–Crippen MR) is 113 cm³/mol. The number of carbonyl (C=O) groups is 2. The van der Waals surface area contributed by atoms with Crippen molar-refractivity contribution in [3.05, 3.63) is 78.9 Å². The van der Waals surface area contributed by atoms with E-state index in [0.717, 1.165) is 5.56 Å². The maximum Gasteiger partial charge on any atom is 0.269 e. The fourth-order valence-electron chi connectivity index (χ4n) is 2.56. The van der Waals surface area contributed by atoms with Crippen LogP contribution in [0, 0.1) is 0 Å². The van der Waals surface area contributed by atoms with Crippen molar-refractivity contribution in [3.63, 3.8) is 0 Å². The van der Waals surface area contributed by atoms with Crippen LogP contribution in [-0.2, 0) is 11.3 Å². The van der Waals surface area contributed by atoms with E-state index < -0.39 is 5.25 Å². The van der Waals surface area contributed by atoms with E-state index in [9.17, 15) is 9.59 Å². The van der Waals surface area contributed by atoms with Crippen LogP contribution in [0.4, 0.5) is 0 Å². The molecule has 2 aromatic carbocycles. The summed E-state index contributed by atoms with van der Waals surface area (Å²) in [6.45, 7) is 6.04. The molecule has 0 aliphatic carbocycles. The number of amides is 2. The van der Waals surface area contributed by atoms with Gasteiger partial charge in [0.05, 0.1) is 5.25 Å². The highest BCUT2D eigenvalue weighted by molar-refractivity contribution is 8.00. The molecule has 148 valence electrons. The summed E-state index contributed by atoms with van der Waals surface area (Å²) in [5.41, 5.74) is 6.28. The zero-order valence-corrected chi connectivity index (χ0v) is 16.7. The van der Waals surface area contributed by atoms with Crippen LogP contribution in [0.25, 0.3) is 11.4 Å². The highest BCUT2D eigenvalue weighted by Gasteiger charge is 2.21. The molecule has 1 aromatic heterocycles. The van der Waals surface area contributed by atoms with Gasteiger partial charge in [-0.05, 0) is 19.1 Å². The Balaban J connectivity index is 1.66. The largest absolute Gasteiger partial charge is 0.298 e. The third-order valence-corrected chi connectivity index (χ3v) is 5.13. The Labute approximate surface area is 173 Å². The Bertz CT molecular complexity index is 989. The van der Waals surface area contributed by atoms with Crippen molar-refractivity contribution in [2.24, 2.45) is 0 Å². The summed E-state index contributed by atoms with van der Waals surface area (Å²) in [7, 11) is 0. The number of aromatic nitrogens is 3. The molecule has 1 atom stereocenters. The van der Waals surface area contributed by atoms with Crippen molar-refractivity contribution < 1.29 is 9.59 Å². The van der Waals surface area contributed by atoms with E-state index in [1.54, 1.807) is 37.3 Å². The third-order valence-electron chi connectivity index (χ3n) is 4.05. The molecule has 0 saturated carbocycles. The number of hydrogen-bond acceptors (Lipinski definition) is 5. The van der Waals surface area contributed by atoms with Crippen LogP contribution < -0.4 is 10.9 Å². The highest BCUT2D eigenvalue weighted by atomic mass is 32.2. The average Bonchev–Trinajstić information content (AvgIpc) is 3.15. The van der Waals surface area contributed by atoms with Crippen LogP contribution >= 0.6 is 11.8 Å². The van der Waals surface area contributed by atoms with Crippen LogP contribution in [0.1, 0.15) is 17.3 Å². The lowest BCUT2D eigenvalue weighted by atomic mass is 10.2. The van der Waals surface area contributed by atoms with Gasteiger partial charge in [0.2, 0.25) is 0 Å². The Kier molecular flexibility index (Phi) is 6.80. The highest BCUT2D eigenvalue weighted by Crippen LogP contribution is 2.26. The van der Waals surface area contributed by atoms with Crippen molar-refractivity contribution in [1.29, 1.82) is 0 Å². The summed E-state index contributed by atoms with van der Waals surface area (Å²) in [5.74, 6) is -0.0102. The predicted octanol–water partition coefficient (Wildman–Crippen LogP) is 3.07. The summed E-state index contributed by atoms with van der Waals surface area (Å²) >= 11 is 1.26. The number of nitrogens with zero attached hydrogens (tertiary/aromatic N) is 3. The lowest BCUT2D eigenvalue weighted by Crippen LogP contribution is -2.44. The SMILES string of the molecule is C=CCn1c(S[C@H](C)C(=O)NNC(=O)c2ccccc2)nnc1-c1ccccc1. The minimum absolute atomic E-state index is 0.339. The number of thioether (sulfide) groups is 1. The molecule has 3 rings (SSSR count). The molecular formula is C21H21N5O2S. The van der Waals surface area contributed by atoms with Gasteiger partial charge in [0.25, 0.3) is 11.8 Å². The van der Waals surface area contributed by atoms with Crippen LogP contribution in [0.3, 0.4) is 0 Å².